The van der Waals surface area contributed by atoms with Crippen LogP contribution in [0.2, 0.25) is 0 Å². The third-order valence-electron chi connectivity index (χ3n) is 4.07. The van der Waals surface area contributed by atoms with Crippen LogP contribution in [-0.2, 0) is 0 Å². The summed E-state index contributed by atoms with van der Waals surface area (Å²) in [4.78, 5) is 17.0. The first-order valence-electron chi connectivity index (χ1n) is 6.93. The van der Waals surface area contributed by atoms with Crippen LogP contribution >= 0.6 is 0 Å². The molecule has 0 unspecified atom stereocenters. The Morgan fingerprint density at radius 1 is 0.955 bits per heavy atom. The lowest BCUT2D eigenvalue weighted by Gasteiger charge is -2.21. The zero-order valence-corrected chi connectivity index (χ0v) is 12.2. The van der Waals surface area contributed by atoms with E-state index < -0.39 is 0 Å². The molecule has 4 nitrogen and oxygen atoms in total. The van der Waals surface area contributed by atoms with Gasteiger partial charge in [-0.05, 0) is 35.7 Å². The summed E-state index contributed by atoms with van der Waals surface area (Å²) in [6.07, 6.45) is 1.67. The minimum Gasteiger partial charge on any atom is -0.497 e. The maximum Gasteiger partial charge on any atom is 0.212 e. The van der Waals surface area contributed by atoms with Crippen molar-refractivity contribution < 1.29 is 14.3 Å². The third kappa shape index (κ3) is 1.58. The van der Waals surface area contributed by atoms with Crippen molar-refractivity contribution in [2.24, 2.45) is 0 Å². The Labute approximate surface area is 127 Å². The molecule has 4 rings (SSSR count). The van der Waals surface area contributed by atoms with Gasteiger partial charge in [-0.15, -0.1) is 0 Å². The van der Waals surface area contributed by atoms with Crippen LogP contribution in [0, 0.1) is 0 Å². The molecule has 0 bridgehead atoms. The number of methoxy groups -OCH3 is 2. The number of fused-ring (bicyclic) bond motifs is 2. The lowest BCUT2D eigenvalue weighted by Crippen LogP contribution is -2.12. The molecule has 2 aromatic carbocycles. The average molecular weight is 291 g/mol. The summed E-state index contributed by atoms with van der Waals surface area (Å²) >= 11 is 0. The summed E-state index contributed by atoms with van der Waals surface area (Å²) in [5.41, 5.74) is 2.82. The number of hydrogen-bond acceptors (Lipinski definition) is 4. The average Bonchev–Trinajstić information content (AvgIpc) is 2.58. The molecule has 0 spiro atoms. The highest BCUT2D eigenvalue weighted by molar-refractivity contribution is 6.25. The third-order valence-corrected chi connectivity index (χ3v) is 4.07. The zero-order chi connectivity index (χ0) is 15.3. The Morgan fingerprint density at radius 2 is 1.82 bits per heavy atom. The van der Waals surface area contributed by atoms with Gasteiger partial charge in [0.2, 0.25) is 5.78 Å². The molecule has 0 radical (unpaired) electrons. The molecule has 22 heavy (non-hydrogen) atoms. The van der Waals surface area contributed by atoms with Crippen LogP contribution < -0.4 is 9.47 Å². The van der Waals surface area contributed by atoms with E-state index in [1.54, 1.807) is 32.5 Å². The van der Waals surface area contributed by atoms with Gasteiger partial charge in [0, 0.05) is 28.3 Å². The summed E-state index contributed by atoms with van der Waals surface area (Å²) in [6, 6.07) is 11.2. The Kier molecular flexibility index (Phi) is 2.66. The van der Waals surface area contributed by atoms with E-state index in [1.807, 2.05) is 24.3 Å². The normalized spacial score (nSPS) is 12.2. The first-order chi connectivity index (χ1) is 10.7. The summed E-state index contributed by atoms with van der Waals surface area (Å²) < 4.78 is 10.8. The van der Waals surface area contributed by atoms with Crippen LogP contribution in [0.15, 0.2) is 42.6 Å². The molecule has 0 saturated carbocycles. The molecule has 4 heteroatoms. The second-order valence-corrected chi connectivity index (χ2v) is 5.14. The number of ketones is 1. The highest BCUT2D eigenvalue weighted by Crippen LogP contribution is 2.44. The highest BCUT2D eigenvalue weighted by atomic mass is 16.5. The molecule has 1 aliphatic carbocycles. The SMILES string of the molecule is COc1ccc2c(c1)-c1c(OC)ccc3ccnc(c13)C2=O. The van der Waals surface area contributed by atoms with Crippen molar-refractivity contribution in [1.29, 1.82) is 0 Å². The maximum atomic E-state index is 12.7. The summed E-state index contributed by atoms with van der Waals surface area (Å²) in [6.45, 7) is 0. The molecule has 0 aliphatic heterocycles. The lowest BCUT2D eigenvalue weighted by atomic mass is 9.84. The molecular weight excluding hydrogens is 278 g/mol. The van der Waals surface area contributed by atoms with Crippen molar-refractivity contribution in [1.82, 2.24) is 4.98 Å². The minimum atomic E-state index is -0.0657. The number of rotatable bonds is 2. The van der Waals surface area contributed by atoms with Crippen LogP contribution in [0.3, 0.4) is 0 Å². The monoisotopic (exact) mass is 291 g/mol. The van der Waals surface area contributed by atoms with E-state index in [-0.39, 0.29) is 5.78 Å². The van der Waals surface area contributed by atoms with Crippen molar-refractivity contribution >= 4 is 16.6 Å². The smallest absolute Gasteiger partial charge is 0.212 e. The van der Waals surface area contributed by atoms with Gasteiger partial charge in [-0.1, -0.05) is 6.07 Å². The number of nitrogens with zero attached hydrogens (tertiary/aromatic N) is 1. The molecule has 0 saturated heterocycles. The van der Waals surface area contributed by atoms with E-state index in [9.17, 15) is 4.79 Å². The second kappa shape index (κ2) is 4.56. The Balaban J connectivity index is 2.21. The van der Waals surface area contributed by atoms with Gasteiger partial charge in [-0.2, -0.15) is 0 Å². The van der Waals surface area contributed by atoms with Crippen molar-refractivity contribution in [3.05, 3.63) is 53.9 Å². The molecule has 3 aromatic rings. The highest BCUT2D eigenvalue weighted by Gasteiger charge is 2.29. The number of aromatic nitrogens is 1. The number of hydrogen-bond donors (Lipinski definition) is 0. The Morgan fingerprint density at radius 3 is 2.59 bits per heavy atom. The molecule has 1 aliphatic rings. The first kappa shape index (κ1) is 12.8. The van der Waals surface area contributed by atoms with Crippen LogP contribution in [0.1, 0.15) is 16.1 Å². The second-order valence-electron chi connectivity index (χ2n) is 5.14. The summed E-state index contributed by atoms with van der Waals surface area (Å²) in [5, 5.41) is 1.82. The van der Waals surface area contributed by atoms with Crippen LogP contribution in [0.4, 0.5) is 0 Å². The van der Waals surface area contributed by atoms with E-state index in [0.29, 0.717) is 17.0 Å². The molecule has 108 valence electrons. The molecule has 0 amide bonds. The Hall–Kier alpha value is -2.88. The van der Waals surface area contributed by atoms with Gasteiger partial charge in [0.15, 0.2) is 0 Å². The minimum absolute atomic E-state index is 0.0657. The van der Waals surface area contributed by atoms with Gasteiger partial charge in [0.1, 0.15) is 17.2 Å². The van der Waals surface area contributed by atoms with Crippen molar-refractivity contribution in [2.75, 3.05) is 14.2 Å². The molecule has 0 fully saturated rings. The van der Waals surface area contributed by atoms with Crippen LogP contribution in [0.5, 0.6) is 11.5 Å². The van der Waals surface area contributed by atoms with E-state index in [2.05, 4.69) is 4.98 Å². The quantitative estimate of drug-likeness (QED) is 0.567. The molecule has 0 N–H and O–H groups in total. The van der Waals surface area contributed by atoms with E-state index in [4.69, 9.17) is 9.47 Å². The van der Waals surface area contributed by atoms with Crippen molar-refractivity contribution in [2.45, 2.75) is 0 Å². The van der Waals surface area contributed by atoms with Gasteiger partial charge < -0.3 is 9.47 Å². The van der Waals surface area contributed by atoms with E-state index >= 15 is 0 Å². The standard InChI is InChI=1S/C18H13NO3/c1-21-11-4-5-12-13(9-11)16-14(22-2)6-3-10-7-8-19-17(15(10)16)18(12)20/h3-9H,1-2H3. The number of benzene rings is 2. The fraction of sp³-hybridized carbons (Fsp3) is 0.111. The molecule has 1 aromatic heterocycles. The number of carbonyl (C=O) groups excluding carboxylic acids is 1. The largest absolute Gasteiger partial charge is 0.497 e. The number of ether oxygens (including phenoxy) is 2. The van der Waals surface area contributed by atoms with Crippen LogP contribution in [0.25, 0.3) is 21.9 Å². The van der Waals surface area contributed by atoms with E-state index in [0.717, 1.165) is 27.6 Å². The fourth-order valence-electron chi connectivity index (χ4n) is 3.04. The number of carbonyl (C=O) groups is 1. The van der Waals surface area contributed by atoms with Gasteiger partial charge in [-0.3, -0.25) is 9.78 Å². The fourth-order valence-corrected chi connectivity index (χ4v) is 3.04. The summed E-state index contributed by atoms with van der Waals surface area (Å²) in [5.74, 6) is 1.37. The topological polar surface area (TPSA) is 48.4 Å². The predicted molar refractivity (Wildman–Crippen MR) is 83.7 cm³/mol. The number of pyridine rings is 1. The Bertz CT molecular complexity index is 931. The van der Waals surface area contributed by atoms with Gasteiger partial charge in [0.25, 0.3) is 0 Å². The van der Waals surface area contributed by atoms with Crippen LogP contribution in [-0.4, -0.2) is 25.0 Å². The van der Waals surface area contributed by atoms with Gasteiger partial charge >= 0.3 is 0 Å². The summed E-state index contributed by atoms with van der Waals surface area (Å²) in [7, 11) is 3.24. The first-order valence-corrected chi connectivity index (χ1v) is 6.93. The van der Waals surface area contributed by atoms with Crippen molar-refractivity contribution in [3.63, 3.8) is 0 Å². The molecule has 0 atom stereocenters. The zero-order valence-electron chi connectivity index (χ0n) is 12.2. The van der Waals surface area contributed by atoms with Gasteiger partial charge in [0.05, 0.1) is 14.2 Å². The van der Waals surface area contributed by atoms with Crippen molar-refractivity contribution in [3.8, 4) is 22.6 Å². The van der Waals surface area contributed by atoms with E-state index in [1.165, 1.54) is 0 Å². The predicted octanol–water partition coefficient (Wildman–Crippen LogP) is 3.46. The lowest BCUT2D eigenvalue weighted by molar-refractivity contribution is 0.103. The van der Waals surface area contributed by atoms with Gasteiger partial charge in [-0.25, -0.2) is 0 Å². The molecule has 1 heterocycles. The maximum absolute atomic E-state index is 12.7. The molecular formula is C18H13NO3.